The topological polar surface area (TPSA) is 60.7 Å². The number of aliphatic hydroxyl groups excluding tert-OH is 1. The maximum absolute atomic E-state index is 9.77. The Morgan fingerprint density at radius 1 is 1.13 bits per heavy atom. The lowest BCUT2D eigenvalue weighted by molar-refractivity contribution is 0.163. The van der Waals surface area contributed by atoms with E-state index in [4.69, 9.17) is 5.11 Å². The van der Waals surface area contributed by atoms with Crippen LogP contribution in [0.15, 0.2) is 18.2 Å². The molecular weight excluding hydrogens is 192 g/mol. The van der Waals surface area contributed by atoms with Crippen LogP contribution in [0.3, 0.4) is 0 Å². The molecule has 84 valence electrons. The summed E-state index contributed by atoms with van der Waals surface area (Å²) >= 11 is 0. The molecule has 3 heteroatoms. The molecule has 0 aliphatic carbocycles. The van der Waals surface area contributed by atoms with Crippen molar-refractivity contribution < 1.29 is 15.3 Å². The molecule has 3 N–H and O–H groups in total. The van der Waals surface area contributed by atoms with E-state index in [1.807, 2.05) is 0 Å². The molecule has 0 saturated heterocycles. The Bertz CT molecular complexity index is 310. The number of aliphatic hydroxyl groups is 1. The van der Waals surface area contributed by atoms with Gasteiger partial charge in [0, 0.05) is 0 Å². The van der Waals surface area contributed by atoms with Crippen LogP contribution in [0.5, 0.6) is 11.5 Å². The summed E-state index contributed by atoms with van der Waals surface area (Å²) in [6, 6.07) is 4.44. The molecule has 0 spiro atoms. The molecule has 1 aromatic rings. The Labute approximate surface area is 90.0 Å². The van der Waals surface area contributed by atoms with Gasteiger partial charge in [0.1, 0.15) is 0 Å². The molecule has 1 unspecified atom stereocenters. The van der Waals surface area contributed by atoms with Crippen molar-refractivity contribution in [1.82, 2.24) is 0 Å². The number of hydrogen-bond acceptors (Lipinski definition) is 3. The van der Waals surface area contributed by atoms with Crippen molar-refractivity contribution >= 4 is 0 Å². The second-order valence-corrected chi connectivity index (χ2v) is 3.76. The molecule has 0 heterocycles. The van der Waals surface area contributed by atoms with Gasteiger partial charge in [-0.25, -0.2) is 0 Å². The van der Waals surface area contributed by atoms with E-state index >= 15 is 0 Å². The van der Waals surface area contributed by atoms with Gasteiger partial charge in [0.2, 0.25) is 0 Å². The number of rotatable bonds is 5. The van der Waals surface area contributed by atoms with E-state index in [1.165, 1.54) is 12.1 Å². The predicted octanol–water partition coefficient (Wildman–Crippen LogP) is 2.71. The first-order valence-corrected chi connectivity index (χ1v) is 5.35. The molecule has 0 aliphatic heterocycles. The number of benzene rings is 1. The zero-order valence-corrected chi connectivity index (χ0v) is 8.98. The molecule has 0 fully saturated rings. The highest BCUT2D eigenvalue weighted by Gasteiger charge is 2.09. The first-order chi connectivity index (χ1) is 7.15. The first-order valence-electron chi connectivity index (χ1n) is 5.35. The van der Waals surface area contributed by atoms with E-state index in [0.717, 1.165) is 19.3 Å². The molecule has 3 nitrogen and oxygen atoms in total. The van der Waals surface area contributed by atoms with Crippen LogP contribution < -0.4 is 0 Å². The summed E-state index contributed by atoms with van der Waals surface area (Å²) in [5.74, 6) is -0.332. The van der Waals surface area contributed by atoms with Gasteiger partial charge in [0.15, 0.2) is 11.5 Å². The van der Waals surface area contributed by atoms with E-state index < -0.39 is 6.10 Å². The van der Waals surface area contributed by atoms with Crippen molar-refractivity contribution in [3.63, 3.8) is 0 Å². The minimum absolute atomic E-state index is 0.153. The number of phenols is 2. The van der Waals surface area contributed by atoms with Gasteiger partial charge in [0.25, 0.3) is 0 Å². The van der Waals surface area contributed by atoms with Crippen molar-refractivity contribution in [3.8, 4) is 11.5 Å². The summed E-state index contributed by atoms with van der Waals surface area (Å²) in [7, 11) is 0. The van der Waals surface area contributed by atoms with Crippen LogP contribution in [-0.4, -0.2) is 15.3 Å². The van der Waals surface area contributed by atoms with Gasteiger partial charge >= 0.3 is 0 Å². The molecule has 1 rings (SSSR count). The SMILES string of the molecule is CCCCCC(O)c1ccc(O)c(O)c1. The van der Waals surface area contributed by atoms with Crippen molar-refractivity contribution in [2.24, 2.45) is 0 Å². The van der Waals surface area contributed by atoms with Gasteiger partial charge in [-0.1, -0.05) is 32.3 Å². The quantitative estimate of drug-likeness (QED) is 0.517. The number of aromatic hydroxyl groups is 2. The Morgan fingerprint density at radius 3 is 2.47 bits per heavy atom. The fourth-order valence-corrected chi connectivity index (χ4v) is 1.50. The maximum Gasteiger partial charge on any atom is 0.157 e. The highest BCUT2D eigenvalue weighted by atomic mass is 16.3. The highest BCUT2D eigenvalue weighted by molar-refractivity contribution is 5.41. The van der Waals surface area contributed by atoms with Gasteiger partial charge in [-0.15, -0.1) is 0 Å². The predicted molar refractivity (Wildman–Crippen MR) is 58.9 cm³/mol. The van der Waals surface area contributed by atoms with Gasteiger partial charge in [-0.05, 0) is 24.1 Å². The fourth-order valence-electron chi connectivity index (χ4n) is 1.50. The Kier molecular flexibility index (Phi) is 4.43. The minimum atomic E-state index is -0.553. The van der Waals surface area contributed by atoms with Crippen LogP contribution in [-0.2, 0) is 0 Å². The van der Waals surface area contributed by atoms with Crippen LogP contribution in [0, 0.1) is 0 Å². The van der Waals surface area contributed by atoms with Crippen molar-refractivity contribution in [3.05, 3.63) is 23.8 Å². The van der Waals surface area contributed by atoms with Crippen LogP contribution in [0.1, 0.15) is 44.3 Å². The normalized spacial score (nSPS) is 12.7. The Hall–Kier alpha value is -1.22. The molecule has 0 amide bonds. The summed E-state index contributed by atoms with van der Waals surface area (Å²) in [4.78, 5) is 0. The van der Waals surface area contributed by atoms with E-state index in [2.05, 4.69) is 6.92 Å². The lowest BCUT2D eigenvalue weighted by atomic mass is 10.0. The second-order valence-electron chi connectivity index (χ2n) is 3.76. The summed E-state index contributed by atoms with van der Waals surface area (Å²) in [5.41, 5.74) is 0.654. The zero-order valence-electron chi connectivity index (χ0n) is 8.98. The maximum atomic E-state index is 9.77. The molecule has 0 aliphatic rings. The first kappa shape index (κ1) is 11.9. The third kappa shape index (κ3) is 3.44. The van der Waals surface area contributed by atoms with E-state index in [9.17, 15) is 10.2 Å². The van der Waals surface area contributed by atoms with Crippen LogP contribution >= 0.6 is 0 Å². The smallest absolute Gasteiger partial charge is 0.157 e. The average molecular weight is 210 g/mol. The minimum Gasteiger partial charge on any atom is -0.504 e. The van der Waals surface area contributed by atoms with Gasteiger partial charge in [-0.2, -0.15) is 0 Å². The van der Waals surface area contributed by atoms with E-state index in [-0.39, 0.29) is 11.5 Å². The summed E-state index contributed by atoms with van der Waals surface area (Å²) in [6.07, 6.45) is 3.33. The number of hydrogen-bond donors (Lipinski definition) is 3. The Balaban J connectivity index is 2.57. The van der Waals surface area contributed by atoms with Crippen molar-refractivity contribution in [2.45, 2.75) is 38.7 Å². The van der Waals surface area contributed by atoms with Crippen molar-refractivity contribution in [2.75, 3.05) is 0 Å². The third-order valence-electron chi connectivity index (χ3n) is 2.47. The molecule has 0 saturated carbocycles. The van der Waals surface area contributed by atoms with Crippen LogP contribution in [0.25, 0.3) is 0 Å². The number of phenolic OH excluding ortho intramolecular Hbond substituents is 2. The molecule has 1 aromatic carbocycles. The molecule has 0 bridgehead atoms. The zero-order chi connectivity index (χ0) is 11.3. The average Bonchev–Trinajstić information content (AvgIpc) is 2.22. The standard InChI is InChI=1S/C12H18O3/c1-2-3-4-5-10(13)9-6-7-11(14)12(15)8-9/h6-8,10,13-15H,2-5H2,1H3. The number of unbranched alkanes of at least 4 members (excludes halogenated alkanes) is 2. The molecule has 15 heavy (non-hydrogen) atoms. The van der Waals surface area contributed by atoms with Crippen molar-refractivity contribution in [1.29, 1.82) is 0 Å². The molecule has 1 atom stereocenters. The van der Waals surface area contributed by atoms with E-state index in [0.29, 0.717) is 12.0 Å². The van der Waals surface area contributed by atoms with Crippen LogP contribution in [0.2, 0.25) is 0 Å². The highest BCUT2D eigenvalue weighted by Crippen LogP contribution is 2.29. The van der Waals surface area contributed by atoms with Gasteiger partial charge in [-0.3, -0.25) is 0 Å². The lowest BCUT2D eigenvalue weighted by Crippen LogP contribution is -1.96. The largest absolute Gasteiger partial charge is 0.504 e. The molecule has 0 radical (unpaired) electrons. The summed E-state index contributed by atoms with van der Waals surface area (Å²) in [5, 5.41) is 28.1. The van der Waals surface area contributed by atoms with E-state index in [1.54, 1.807) is 6.07 Å². The van der Waals surface area contributed by atoms with Gasteiger partial charge in [0.05, 0.1) is 6.10 Å². The fraction of sp³-hybridized carbons (Fsp3) is 0.500. The Morgan fingerprint density at radius 2 is 1.87 bits per heavy atom. The van der Waals surface area contributed by atoms with Crippen LogP contribution in [0.4, 0.5) is 0 Å². The third-order valence-corrected chi connectivity index (χ3v) is 2.47. The second kappa shape index (κ2) is 5.61. The molecular formula is C12H18O3. The lowest BCUT2D eigenvalue weighted by Gasteiger charge is -2.11. The monoisotopic (exact) mass is 210 g/mol. The van der Waals surface area contributed by atoms with Gasteiger partial charge < -0.3 is 15.3 Å². The summed E-state index contributed by atoms with van der Waals surface area (Å²) in [6.45, 7) is 2.11. The molecule has 0 aromatic heterocycles. The summed E-state index contributed by atoms with van der Waals surface area (Å²) < 4.78 is 0.